The van der Waals surface area contributed by atoms with Gasteiger partial charge in [-0.1, -0.05) is 24.3 Å². The maximum absolute atomic E-state index is 14.5. The van der Waals surface area contributed by atoms with Gasteiger partial charge in [-0.15, -0.1) is 0 Å². The Morgan fingerprint density at radius 2 is 1.70 bits per heavy atom. The molecule has 0 spiro atoms. The summed E-state index contributed by atoms with van der Waals surface area (Å²) in [5, 5.41) is 6.94. The van der Waals surface area contributed by atoms with Crippen molar-refractivity contribution < 1.29 is 14.0 Å². The van der Waals surface area contributed by atoms with Crippen molar-refractivity contribution in [3.05, 3.63) is 71.3 Å². The van der Waals surface area contributed by atoms with E-state index in [0.29, 0.717) is 17.1 Å². The molecule has 1 aliphatic rings. The van der Waals surface area contributed by atoms with Gasteiger partial charge in [0.2, 0.25) is 0 Å². The molecule has 6 nitrogen and oxygen atoms in total. The minimum atomic E-state index is -0.876. The highest BCUT2D eigenvalue weighted by atomic mass is 19.1. The van der Waals surface area contributed by atoms with Crippen LogP contribution in [0.25, 0.3) is 5.69 Å². The van der Waals surface area contributed by atoms with Crippen molar-refractivity contribution in [1.29, 1.82) is 0 Å². The number of carbonyl (C=O) groups is 2. The van der Waals surface area contributed by atoms with Crippen molar-refractivity contribution in [2.24, 2.45) is 0 Å². The lowest BCUT2D eigenvalue weighted by molar-refractivity contribution is -0.112. The Kier molecular flexibility index (Phi) is 5.35. The number of aryl methyl sites for hydroxylation is 1. The number of carbonyl (C=O) groups excluding carboxylic acids is 2. The van der Waals surface area contributed by atoms with Gasteiger partial charge in [0.15, 0.2) is 0 Å². The SMILES string of the molecule is Cc1nn(-c2ccccc2)c(C)c1C(=O)C(=O)Nc1c(F)cccc1N1CCCC1. The van der Waals surface area contributed by atoms with E-state index in [1.807, 2.05) is 35.2 Å². The summed E-state index contributed by atoms with van der Waals surface area (Å²) >= 11 is 0. The molecule has 1 aliphatic heterocycles. The second-order valence-electron chi connectivity index (χ2n) is 7.40. The number of aromatic nitrogens is 2. The molecule has 2 heterocycles. The summed E-state index contributed by atoms with van der Waals surface area (Å²) in [5.74, 6) is -2.17. The average molecular weight is 406 g/mol. The second kappa shape index (κ2) is 8.10. The number of nitrogens with zero attached hydrogens (tertiary/aromatic N) is 3. The van der Waals surface area contributed by atoms with Gasteiger partial charge in [0.05, 0.1) is 28.3 Å². The lowest BCUT2D eigenvalue weighted by Gasteiger charge is -2.21. The third kappa shape index (κ3) is 3.58. The molecule has 0 atom stereocenters. The number of halogens is 1. The van der Waals surface area contributed by atoms with E-state index in [1.54, 1.807) is 30.7 Å². The number of hydrogen-bond acceptors (Lipinski definition) is 4. The second-order valence-corrected chi connectivity index (χ2v) is 7.40. The van der Waals surface area contributed by atoms with Crippen LogP contribution >= 0.6 is 0 Å². The Labute approximate surface area is 174 Å². The van der Waals surface area contributed by atoms with E-state index in [1.165, 1.54) is 6.07 Å². The summed E-state index contributed by atoms with van der Waals surface area (Å²) in [6, 6.07) is 14.0. The summed E-state index contributed by atoms with van der Waals surface area (Å²) < 4.78 is 16.2. The summed E-state index contributed by atoms with van der Waals surface area (Å²) in [6.45, 7) is 5.02. The highest BCUT2D eigenvalue weighted by molar-refractivity contribution is 6.47. The maximum atomic E-state index is 14.5. The fraction of sp³-hybridized carbons (Fsp3) is 0.261. The van der Waals surface area contributed by atoms with Gasteiger partial charge >= 0.3 is 0 Å². The van der Waals surface area contributed by atoms with Crippen LogP contribution in [0.3, 0.4) is 0 Å². The zero-order chi connectivity index (χ0) is 21.3. The maximum Gasteiger partial charge on any atom is 0.297 e. The number of Topliss-reactive ketones (excluding diaryl/α,β-unsaturated/α-hetero) is 1. The Morgan fingerprint density at radius 3 is 2.40 bits per heavy atom. The number of benzene rings is 2. The number of nitrogens with one attached hydrogen (secondary N) is 1. The lowest BCUT2D eigenvalue weighted by atomic mass is 10.1. The minimum Gasteiger partial charge on any atom is -0.370 e. The van der Waals surface area contributed by atoms with Crippen molar-refractivity contribution in [2.75, 3.05) is 23.3 Å². The largest absolute Gasteiger partial charge is 0.370 e. The molecule has 0 aliphatic carbocycles. The highest BCUT2D eigenvalue weighted by Crippen LogP contribution is 2.31. The predicted molar refractivity (Wildman–Crippen MR) is 114 cm³/mol. The van der Waals surface area contributed by atoms with E-state index in [-0.39, 0.29) is 11.3 Å². The van der Waals surface area contributed by atoms with Crippen LogP contribution in [0.5, 0.6) is 0 Å². The molecule has 1 amide bonds. The van der Waals surface area contributed by atoms with Gasteiger partial charge in [-0.2, -0.15) is 5.10 Å². The van der Waals surface area contributed by atoms with Gasteiger partial charge in [0.1, 0.15) is 11.5 Å². The first-order chi connectivity index (χ1) is 14.5. The van der Waals surface area contributed by atoms with Gasteiger partial charge in [-0.25, -0.2) is 9.07 Å². The van der Waals surface area contributed by atoms with Crippen LogP contribution in [0, 0.1) is 19.7 Å². The molecule has 1 N–H and O–H groups in total. The molecule has 1 aromatic heterocycles. The summed E-state index contributed by atoms with van der Waals surface area (Å²) in [5.41, 5.74) is 2.68. The molecule has 0 bridgehead atoms. The van der Waals surface area contributed by atoms with E-state index in [9.17, 15) is 14.0 Å². The van der Waals surface area contributed by atoms with Crippen molar-refractivity contribution in [3.63, 3.8) is 0 Å². The monoisotopic (exact) mass is 406 g/mol. The van der Waals surface area contributed by atoms with Crippen LogP contribution in [0.15, 0.2) is 48.5 Å². The number of amides is 1. The van der Waals surface area contributed by atoms with Gasteiger partial charge in [0, 0.05) is 13.1 Å². The molecule has 1 saturated heterocycles. The fourth-order valence-corrected chi connectivity index (χ4v) is 3.93. The van der Waals surface area contributed by atoms with Gasteiger partial charge < -0.3 is 10.2 Å². The van der Waals surface area contributed by atoms with Crippen molar-refractivity contribution in [2.45, 2.75) is 26.7 Å². The predicted octanol–water partition coefficient (Wildman–Crippen LogP) is 4.05. The Hall–Kier alpha value is -3.48. The number of ketones is 1. The Morgan fingerprint density at radius 1 is 1.00 bits per heavy atom. The third-order valence-corrected chi connectivity index (χ3v) is 5.40. The molecular formula is C23H23FN4O2. The first kappa shape index (κ1) is 19.8. The van der Waals surface area contributed by atoms with E-state index in [2.05, 4.69) is 10.4 Å². The molecule has 0 radical (unpaired) electrons. The first-order valence-electron chi connectivity index (χ1n) is 9.98. The quantitative estimate of drug-likeness (QED) is 0.513. The minimum absolute atomic E-state index is 0.0449. The smallest absolute Gasteiger partial charge is 0.297 e. The van der Waals surface area contributed by atoms with Crippen LogP contribution in [0.2, 0.25) is 0 Å². The normalized spacial score (nSPS) is 13.5. The lowest BCUT2D eigenvalue weighted by Crippen LogP contribution is -2.27. The van der Waals surface area contributed by atoms with Crippen LogP contribution in [0.1, 0.15) is 34.6 Å². The zero-order valence-electron chi connectivity index (χ0n) is 17.0. The molecule has 1 fully saturated rings. The molecule has 0 saturated carbocycles. The Balaban J connectivity index is 1.63. The van der Waals surface area contributed by atoms with Gasteiger partial charge in [-0.05, 0) is 51.0 Å². The summed E-state index contributed by atoms with van der Waals surface area (Å²) in [6.07, 6.45) is 2.03. The van der Waals surface area contributed by atoms with Gasteiger partial charge in [0.25, 0.3) is 11.7 Å². The van der Waals surface area contributed by atoms with Crippen LogP contribution in [0.4, 0.5) is 15.8 Å². The molecule has 30 heavy (non-hydrogen) atoms. The zero-order valence-corrected chi connectivity index (χ0v) is 17.0. The molecule has 0 unspecified atom stereocenters. The Bertz CT molecular complexity index is 1100. The molecule has 2 aromatic carbocycles. The first-order valence-corrected chi connectivity index (χ1v) is 9.98. The van der Waals surface area contributed by atoms with E-state index < -0.39 is 17.5 Å². The van der Waals surface area contributed by atoms with E-state index >= 15 is 0 Å². The van der Waals surface area contributed by atoms with Crippen LogP contribution in [-0.2, 0) is 4.79 Å². The number of anilines is 2. The molecule has 3 aromatic rings. The fourth-order valence-electron chi connectivity index (χ4n) is 3.93. The van der Waals surface area contributed by atoms with Crippen LogP contribution < -0.4 is 10.2 Å². The van der Waals surface area contributed by atoms with Crippen molar-refractivity contribution >= 4 is 23.1 Å². The average Bonchev–Trinajstić information content (AvgIpc) is 3.38. The van der Waals surface area contributed by atoms with Gasteiger partial charge in [-0.3, -0.25) is 9.59 Å². The standard InChI is InChI=1S/C23H23FN4O2/c1-15-20(16(2)28(26-15)17-9-4-3-5-10-17)22(29)23(30)25-21-18(24)11-8-12-19(21)27-13-6-7-14-27/h3-5,8-12H,6-7,13-14H2,1-2H3,(H,25,30). The summed E-state index contributed by atoms with van der Waals surface area (Å²) in [7, 11) is 0. The topological polar surface area (TPSA) is 67.2 Å². The van der Waals surface area contributed by atoms with Crippen molar-refractivity contribution in [3.8, 4) is 5.69 Å². The van der Waals surface area contributed by atoms with Crippen molar-refractivity contribution in [1.82, 2.24) is 9.78 Å². The summed E-state index contributed by atoms with van der Waals surface area (Å²) in [4.78, 5) is 27.8. The van der Waals surface area contributed by atoms with Crippen LogP contribution in [-0.4, -0.2) is 34.6 Å². The number of rotatable bonds is 5. The number of para-hydroxylation sites is 2. The molecule has 7 heteroatoms. The molecular weight excluding hydrogens is 383 g/mol. The van der Waals surface area contributed by atoms with E-state index in [0.717, 1.165) is 31.6 Å². The highest BCUT2D eigenvalue weighted by Gasteiger charge is 2.27. The number of hydrogen-bond donors (Lipinski definition) is 1. The third-order valence-electron chi connectivity index (χ3n) is 5.40. The molecule has 4 rings (SSSR count). The molecule has 154 valence electrons. The van der Waals surface area contributed by atoms with E-state index in [4.69, 9.17) is 0 Å².